The van der Waals surface area contributed by atoms with Crippen molar-refractivity contribution < 1.29 is 24.2 Å². The highest BCUT2D eigenvalue weighted by molar-refractivity contribution is 5.86. The third kappa shape index (κ3) is 4.32. The number of nitrogens with one attached hydrogen (secondary N) is 1. The number of alkyl carbamates (subject to hydrolysis) is 1. The summed E-state index contributed by atoms with van der Waals surface area (Å²) < 4.78 is 5.53. The number of likely N-dealkylation sites (tertiary alicyclic amines) is 1. The van der Waals surface area contributed by atoms with E-state index in [4.69, 9.17) is 4.74 Å². The molecule has 174 valence electrons. The molecule has 2 atom stereocenters. The second-order valence-corrected chi connectivity index (χ2v) is 8.99. The maximum Gasteiger partial charge on any atom is 0.407 e. The van der Waals surface area contributed by atoms with Gasteiger partial charge in [-0.15, -0.1) is 0 Å². The first-order chi connectivity index (χ1) is 15.9. The van der Waals surface area contributed by atoms with Crippen molar-refractivity contribution in [1.82, 2.24) is 10.2 Å². The van der Waals surface area contributed by atoms with Crippen LogP contribution in [0, 0.1) is 5.41 Å². The summed E-state index contributed by atoms with van der Waals surface area (Å²) in [6, 6.07) is 15.4. The molecule has 1 saturated heterocycles. The highest BCUT2D eigenvalue weighted by atomic mass is 16.5. The number of carbonyl (C=O) groups excluding carboxylic acids is 2. The zero-order valence-electron chi connectivity index (χ0n) is 19.0. The van der Waals surface area contributed by atoms with E-state index in [0.717, 1.165) is 22.3 Å². The number of piperidine rings is 1. The van der Waals surface area contributed by atoms with Gasteiger partial charge in [0.1, 0.15) is 12.6 Å². The van der Waals surface area contributed by atoms with E-state index in [9.17, 15) is 19.5 Å². The van der Waals surface area contributed by atoms with E-state index in [1.54, 1.807) is 11.8 Å². The fraction of sp³-hybridized carbons (Fsp3) is 0.423. The maximum atomic E-state index is 12.9. The van der Waals surface area contributed by atoms with Crippen molar-refractivity contribution in [2.75, 3.05) is 19.7 Å². The average Bonchev–Trinajstić information content (AvgIpc) is 3.15. The molecule has 7 heteroatoms. The van der Waals surface area contributed by atoms with Gasteiger partial charge in [0.25, 0.3) is 0 Å². The third-order valence-corrected chi connectivity index (χ3v) is 7.07. The number of hydrogen-bond acceptors (Lipinski definition) is 4. The van der Waals surface area contributed by atoms with Crippen LogP contribution >= 0.6 is 0 Å². The van der Waals surface area contributed by atoms with Gasteiger partial charge in [-0.2, -0.15) is 0 Å². The minimum Gasteiger partial charge on any atom is -0.481 e. The summed E-state index contributed by atoms with van der Waals surface area (Å²) in [5.74, 6) is -1.22. The van der Waals surface area contributed by atoms with Gasteiger partial charge in [-0.25, -0.2) is 4.79 Å². The van der Waals surface area contributed by atoms with Crippen LogP contribution in [0.4, 0.5) is 4.79 Å². The summed E-state index contributed by atoms with van der Waals surface area (Å²) in [4.78, 5) is 38.8. The Morgan fingerprint density at radius 1 is 1.12 bits per heavy atom. The van der Waals surface area contributed by atoms with Gasteiger partial charge in [0.2, 0.25) is 5.91 Å². The first-order valence-corrected chi connectivity index (χ1v) is 11.5. The molecule has 1 fully saturated rings. The molecule has 2 amide bonds. The molecule has 0 bridgehead atoms. The number of amides is 2. The highest BCUT2D eigenvalue weighted by Crippen LogP contribution is 2.44. The topological polar surface area (TPSA) is 95.9 Å². The van der Waals surface area contributed by atoms with E-state index in [-0.39, 0.29) is 25.0 Å². The maximum absolute atomic E-state index is 12.9. The van der Waals surface area contributed by atoms with Crippen molar-refractivity contribution in [2.24, 2.45) is 5.41 Å². The Hall–Kier alpha value is -3.35. The first kappa shape index (κ1) is 22.8. The SMILES string of the molecule is CCC1(C(=O)O)CCCN(C(=O)C(C)NC(=O)OCC2c3ccccc3-c3ccccc32)C1. The molecule has 1 aliphatic carbocycles. The molecule has 2 aromatic carbocycles. The molecule has 0 radical (unpaired) electrons. The predicted octanol–water partition coefficient (Wildman–Crippen LogP) is 4.02. The molecule has 1 aliphatic heterocycles. The summed E-state index contributed by atoms with van der Waals surface area (Å²) in [6.45, 7) is 4.26. The Kier molecular flexibility index (Phi) is 6.40. The molecule has 0 aromatic heterocycles. The third-order valence-electron chi connectivity index (χ3n) is 7.07. The van der Waals surface area contributed by atoms with Crippen LogP contribution in [0.25, 0.3) is 11.1 Å². The minimum absolute atomic E-state index is 0.0583. The van der Waals surface area contributed by atoms with Crippen LogP contribution < -0.4 is 5.32 Å². The number of benzene rings is 2. The molecule has 0 spiro atoms. The van der Waals surface area contributed by atoms with Crippen LogP contribution in [0.1, 0.15) is 50.2 Å². The minimum atomic E-state index is -0.919. The molecule has 0 saturated carbocycles. The van der Waals surface area contributed by atoms with E-state index in [1.165, 1.54) is 0 Å². The molecule has 2 N–H and O–H groups in total. The van der Waals surface area contributed by atoms with Crippen molar-refractivity contribution in [2.45, 2.75) is 45.1 Å². The number of carbonyl (C=O) groups is 3. The largest absolute Gasteiger partial charge is 0.481 e. The first-order valence-electron chi connectivity index (χ1n) is 11.5. The van der Waals surface area contributed by atoms with Crippen LogP contribution in [-0.4, -0.2) is 53.7 Å². The lowest BCUT2D eigenvalue weighted by Gasteiger charge is -2.40. The van der Waals surface area contributed by atoms with Crippen LogP contribution in [-0.2, 0) is 14.3 Å². The number of carboxylic acid groups (broad SMARTS) is 1. The zero-order valence-corrected chi connectivity index (χ0v) is 19.0. The van der Waals surface area contributed by atoms with E-state index >= 15 is 0 Å². The number of fused-ring (bicyclic) bond motifs is 3. The summed E-state index contributed by atoms with van der Waals surface area (Å²) in [7, 11) is 0. The monoisotopic (exact) mass is 450 g/mol. The molecule has 7 nitrogen and oxygen atoms in total. The summed E-state index contributed by atoms with van der Waals surface area (Å²) in [6.07, 6.45) is 0.982. The van der Waals surface area contributed by atoms with Gasteiger partial charge in [0.15, 0.2) is 0 Å². The molecule has 4 rings (SSSR count). The quantitative estimate of drug-likeness (QED) is 0.693. The predicted molar refractivity (Wildman–Crippen MR) is 124 cm³/mol. The van der Waals surface area contributed by atoms with E-state index in [1.807, 2.05) is 43.3 Å². The van der Waals surface area contributed by atoms with Crippen molar-refractivity contribution in [3.05, 3.63) is 59.7 Å². The number of rotatable bonds is 6. The molecule has 1 heterocycles. The molecule has 33 heavy (non-hydrogen) atoms. The lowest BCUT2D eigenvalue weighted by molar-refractivity contribution is -0.155. The lowest BCUT2D eigenvalue weighted by atomic mass is 9.77. The normalized spacial score (nSPS) is 20.5. The standard InChI is InChI=1S/C26H30N2O5/c1-3-26(24(30)31)13-8-14-28(16-26)23(29)17(2)27-25(32)33-15-22-20-11-6-4-9-18(20)19-10-5-7-12-21(19)22/h4-7,9-12,17,22H,3,8,13-16H2,1-2H3,(H,27,32)(H,30,31). The fourth-order valence-electron chi connectivity index (χ4n) is 5.09. The average molecular weight is 451 g/mol. The number of hydrogen-bond donors (Lipinski definition) is 2. The van der Waals surface area contributed by atoms with Crippen molar-refractivity contribution >= 4 is 18.0 Å². The number of nitrogens with zero attached hydrogens (tertiary/aromatic N) is 1. The van der Waals surface area contributed by atoms with Gasteiger partial charge in [-0.1, -0.05) is 55.5 Å². The molecular weight excluding hydrogens is 420 g/mol. The second-order valence-electron chi connectivity index (χ2n) is 8.99. The Morgan fingerprint density at radius 2 is 1.73 bits per heavy atom. The molecule has 2 unspecified atom stereocenters. The zero-order chi connectivity index (χ0) is 23.6. The van der Waals surface area contributed by atoms with Crippen LogP contribution in [0.15, 0.2) is 48.5 Å². The van der Waals surface area contributed by atoms with Crippen molar-refractivity contribution in [3.63, 3.8) is 0 Å². The Morgan fingerprint density at radius 3 is 2.30 bits per heavy atom. The van der Waals surface area contributed by atoms with Gasteiger partial charge in [0, 0.05) is 19.0 Å². The highest BCUT2D eigenvalue weighted by Gasteiger charge is 2.43. The van der Waals surface area contributed by atoms with Gasteiger partial charge in [-0.05, 0) is 48.4 Å². The summed E-state index contributed by atoms with van der Waals surface area (Å²) >= 11 is 0. The summed E-state index contributed by atoms with van der Waals surface area (Å²) in [5.41, 5.74) is 3.61. The number of carboxylic acids is 1. The molecular formula is C26H30N2O5. The van der Waals surface area contributed by atoms with E-state index in [2.05, 4.69) is 17.4 Å². The van der Waals surface area contributed by atoms with Crippen molar-refractivity contribution in [3.8, 4) is 11.1 Å². The fourth-order valence-corrected chi connectivity index (χ4v) is 5.09. The lowest BCUT2D eigenvalue weighted by Crippen LogP contribution is -2.54. The Balaban J connectivity index is 1.37. The molecule has 2 aliphatic rings. The van der Waals surface area contributed by atoms with E-state index in [0.29, 0.717) is 25.8 Å². The summed E-state index contributed by atoms with van der Waals surface area (Å²) in [5, 5.41) is 12.3. The Labute approximate surface area is 193 Å². The smallest absolute Gasteiger partial charge is 0.407 e. The van der Waals surface area contributed by atoms with Crippen LogP contribution in [0.5, 0.6) is 0 Å². The Bertz CT molecular complexity index is 1020. The van der Waals surface area contributed by atoms with Gasteiger partial charge < -0.3 is 20.1 Å². The van der Waals surface area contributed by atoms with Crippen molar-refractivity contribution in [1.29, 1.82) is 0 Å². The molecule has 2 aromatic rings. The van der Waals surface area contributed by atoms with Crippen LogP contribution in [0.3, 0.4) is 0 Å². The van der Waals surface area contributed by atoms with Gasteiger partial charge >= 0.3 is 12.1 Å². The van der Waals surface area contributed by atoms with Gasteiger partial charge in [-0.3, -0.25) is 9.59 Å². The van der Waals surface area contributed by atoms with Gasteiger partial charge in [0.05, 0.1) is 5.41 Å². The number of aliphatic carboxylic acids is 1. The van der Waals surface area contributed by atoms with E-state index < -0.39 is 23.5 Å². The second kappa shape index (κ2) is 9.25. The van der Waals surface area contributed by atoms with Crippen LogP contribution in [0.2, 0.25) is 0 Å². The number of ether oxygens (including phenoxy) is 1.